The Bertz CT molecular complexity index is 1070. The van der Waals surface area contributed by atoms with E-state index in [1.165, 1.54) is 12.5 Å². The number of aryl methyl sites for hydroxylation is 1. The predicted molar refractivity (Wildman–Crippen MR) is 117 cm³/mol. The number of urea groups is 1. The molecule has 3 aromatic rings. The molecule has 0 spiro atoms. The molecule has 150 valence electrons. The van der Waals surface area contributed by atoms with E-state index in [0.717, 1.165) is 37.3 Å². The number of nitrogens with zero attached hydrogens (tertiary/aromatic N) is 2. The van der Waals surface area contributed by atoms with Crippen molar-refractivity contribution in [1.29, 1.82) is 0 Å². The summed E-state index contributed by atoms with van der Waals surface area (Å²) in [4.78, 5) is 19.0. The smallest absolute Gasteiger partial charge is 0.323 e. The van der Waals surface area contributed by atoms with Gasteiger partial charge in [0.1, 0.15) is 11.3 Å². The number of carbonyl (C=O) groups is 1. The van der Waals surface area contributed by atoms with Crippen molar-refractivity contribution < 1.29 is 9.18 Å². The van der Waals surface area contributed by atoms with Crippen molar-refractivity contribution in [2.75, 3.05) is 28.6 Å². The summed E-state index contributed by atoms with van der Waals surface area (Å²) in [6.45, 7) is 3.78. The molecule has 7 heteroatoms. The van der Waals surface area contributed by atoms with Crippen molar-refractivity contribution in [2.45, 2.75) is 26.2 Å². The molecule has 1 aromatic heterocycles. The van der Waals surface area contributed by atoms with Crippen LogP contribution in [-0.2, 0) is 0 Å². The second-order valence-corrected chi connectivity index (χ2v) is 7.70. The van der Waals surface area contributed by atoms with E-state index in [1.807, 2.05) is 25.1 Å². The fourth-order valence-electron chi connectivity index (χ4n) is 3.52. The summed E-state index contributed by atoms with van der Waals surface area (Å²) >= 11 is 6.08. The maximum Gasteiger partial charge on any atom is 0.323 e. The number of hydrogen-bond acceptors (Lipinski definition) is 3. The Kier molecular flexibility index (Phi) is 5.53. The molecule has 0 bridgehead atoms. The number of benzene rings is 2. The number of carbonyl (C=O) groups excluding carboxylic acids is 1. The van der Waals surface area contributed by atoms with Gasteiger partial charge in [-0.3, -0.25) is 0 Å². The van der Waals surface area contributed by atoms with Gasteiger partial charge in [0.15, 0.2) is 5.82 Å². The number of anilines is 3. The first-order valence-corrected chi connectivity index (χ1v) is 10.1. The number of amides is 2. The lowest BCUT2D eigenvalue weighted by molar-refractivity contribution is 0.262. The van der Waals surface area contributed by atoms with Crippen LogP contribution in [0.15, 0.2) is 42.5 Å². The maximum absolute atomic E-state index is 14.7. The third kappa shape index (κ3) is 4.43. The van der Waals surface area contributed by atoms with E-state index >= 15 is 0 Å². The average Bonchev–Trinajstić information content (AvgIpc) is 2.71. The molecule has 5 nitrogen and oxygen atoms in total. The number of hydrogen-bond donors (Lipinski definition) is 2. The minimum Gasteiger partial charge on any atom is -0.357 e. The Morgan fingerprint density at radius 3 is 2.55 bits per heavy atom. The quantitative estimate of drug-likeness (QED) is 0.557. The number of halogens is 2. The Morgan fingerprint density at radius 1 is 1.03 bits per heavy atom. The van der Waals surface area contributed by atoms with Gasteiger partial charge in [-0.05, 0) is 68.1 Å². The van der Waals surface area contributed by atoms with Crippen molar-refractivity contribution in [3.05, 3.63) is 58.9 Å². The van der Waals surface area contributed by atoms with E-state index < -0.39 is 11.8 Å². The van der Waals surface area contributed by atoms with Gasteiger partial charge in [-0.2, -0.15) is 0 Å². The van der Waals surface area contributed by atoms with Gasteiger partial charge in [-0.25, -0.2) is 14.2 Å². The number of rotatable bonds is 3. The fourth-order valence-corrected chi connectivity index (χ4v) is 3.70. The van der Waals surface area contributed by atoms with Crippen molar-refractivity contribution in [3.63, 3.8) is 0 Å². The van der Waals surface area contributed by atoms with Crippen LogP contribution in [0.3, 0.4) is 0 Å². The van der Waals surface area contributed by atoms with Gasteiger partial charge in [0.05, 0.1) is 0 Å². The highest BCUT2D eigenvalue weighted by molar-refractivity contribution is 6.31. The largest absolute Gasteiger partial charge is 0.357 e. The molecule has 0 aliphatic carbocycles. The molecule has 4 rings (SSSR count). The second-order valence-electron chi connectivity index (χ2n) is 7.29. The Labute approximate surface area is 173 Å². The summed E-state index contributed by atoms with van der Waals surface area (Å²) in [7, 11) is 0. The highest BCUT2D eigenvalue weighted by Gasteiger charge is 2.15. The molecule has 2 N–H and O–H groups in total. The molecule has 1 saturated heterocycles. The van der Waals surface area contributed by atoms with E-state index in [9.17, 15) is 9.18 Å². The molecule has 0 atom stereocenters. The second kappa shape index (κ2) is 8.25. The molecule has 0 unspecified atom stereocenters. The topological polar surface area (TPSA) is 57.3 Å². The number of aromatic nitrogens is 1. The van der Waals surface area contributed by atoms with Crippen molar-refractivity contribution >= 4 is 45.7 Å². The van der Waals surface area contributed by atoms with Crippen LogP contribution >= 0.6 is 11.6 Å². The molecule has 2 heterocycles. The van der Waals surface area contributed by atoms with Gasteiger partial charge < -0.3 is 15.5 Å². The van der Waals surface area contributed by atoms with Crippen LogP contribution in [0, 0.1) is 12.7 Å². The summed E-state index contributed by atoms with van der Waals surface area (Å²) in [5, 5.41) is 6.57. The van der Waals surface area contributed by atoms with E-state index in [1.54, 1.807) is 18.2 Å². The number of pyridine rings is 1. The zero-order valence-electron chi connectivity index (χ0n) is 16.1. The summed E-state index contributed by atoms with van der Waals surface area (Å²) in [5.41, 5.74) is 2.15. The van der Waals surface area contributed by atoms with Gasteiger partial charge >= 0.3 is 6.03 Å². The highest BCUT2D eigenvalue weighted by Crippen LogP contribution is 2.26. The highest BCUT2D eigenvalue weighted by atomic mass is 35.5. The molecule has 2 aromatic carbocycles. The maximum atomic E-state index is 14.7. The lowest BCUT2D eigenvalue weighted by Crippen LogP contribution is -2.30. The average molecular weight is 413 g/mol. The van der Waals surface area contributed by atoms with Crippen LogP contribution in [0.1, 0.15) is 24.8 Å². The number of fused-ring (bicyclic) bond motifs is 1. The first-order chi connectivity index (χ1) is 14.0. The van der Waals surface area contributed by atoms with Crippen molar-refractivity contribution in [2.24, 2.45) is 0 Å². The van der Waals surface area contributed by atoms with E-state index in [-0.39, 0.29) is 0 Å². The zero-order valence-corrected chi connectivity index (χ0v) is 16.9. The third-order valence-electron chi connectivity index (χ3n) is 5.10. The molecular formula is C22H22ClFN4O. The minimum atomic E-state index is -0.471. The van der Waals surface area contributed by atoms with Crippen LogP contribution in [0.4, 0.5) is 26.4 Å². The SMILES string of the molecule is Cc1ccc(NC(=O)Nc2cc(F)c3nc(N4CCCCC4)ccc3c2)cc1Cl. The van der Waals surface area contributed by atoms with Crippen LogP contribution in [0.25, 0.3) is 10.9 Å². The number of nitrogens with one attached hydrogen (secondary N) is 2. The van der Waals surface area contributed by atoms with Gasteiger partial charge in [0, 0.05) is 34.9 Å². The fraction of sp³-hybridized carbons (Fsp3) is 0.273. The molecule has 1 aliphatic heterocycles. The van der Waals surface area contributed by atoms with Crippen LogP contribution < -0.4 is 15.5 Å². The minimum absolute atomic E-state index is 0.310. The number of piperidine rings is 1. The predicted octanol–water partition coefficient (Wildman–Crippen LogP) is 5.97. The Balaban J connectivity index is 1.51. The first kappa shape index (κ1) is 19.5. The Morgan fingerprint density at radius 2 is 1.79 bits per heavy atom. The molecular weight excluding hydrogens is 391 g/mol. The summed E-state index contributed by atoms with van der Waals surface area (Å²) in [6.07, 6.45) is 3.49. The molecule has 0 radical (unpaired) electrons. The third-order valence-corrected chi connectivity index (χ3v) is 5.51. The van der Waals surface area contributed by atoms with E-state index in [0.29, 0.717) is 27.3 Å². The molecule has 29 heavy (non-hydrogen) atoms. The first-order valence-electron chi connectivity index (χ1n) is 9.69. The van der Waals surface area contributed by atoms with Gasteiger partial charge in [-0.1, -0.05) is 17.7 Å². The van der Waals surface area contributed by atoms with Gasteiger partial charge in [0.2, 0.25) is 0 Å². The lowest BCUT2D eigenvalue weighted by atomic mass is 10.1. The molecule has 1 aliphatic rings. The lowest BCUT2D eigenvalue weighted by Gasteiger charge is -2.27. The monoisotopic (exact) mass is 412 g/mol. The van der Waals surface area contributed by atoms with Gasteiger partial charge in [0.25, 0.3) is 0 Å². The Hall–Kier alpha value is -2.86. The van der Waals surface area contributed by atoms with E-state index in [2.05, 4.69) is 20.5 Å². The zero-order chi connectivity index (χ0) is 20.4. The van der Waals surface area contributed by atoms with Gasteiger partial charge in [-0.15, -0.1) is 0 Å². The summed E-state index contributed by atoms with van der Waals surface area (Å²) in [6, 6.07) is 11.5. The van der Waals surface area contributed by atoms with Crippen molar-refractivity contribution in [3.8, 4) is 0 Å². The molecule has 0 saturated carbocycles. The van der Waals surface area contributed by atoms with Crippen LogP contribution in [-0.4, -0.2) is 24.1 Å². The van der Waals surface area contributed by atoms with Crippen molar-refractivity contribution in [1.82, 2.24) is 4.98 Å². The summed E-state index contributed by atoms with van der Waals surface area (Å²) in [5.74, 6) is 0.334. The van der Waals surface area contributed by atoms with E-state index in [4.69, 9.17) is 11.6 Å². The molecule has 2 amide bonds. The normalized spacial score (nSPS) is 14.1. The van der Waals surface area contributed by atoms with Crippen LogP contribution in [0.5, 0.6) is 0 Å². The molecule has 1 fully saturated rings. The summed E-state index contributed by atoms with van der Waals surface area (Å²) < 4.78 is 14.7. The standard InChI is InChI=1S/C22H22ClFN4O/c1-14-5-7-16(12-18(14)23)25-22(29)26-17-11-15-6-8-20(27-21(15)19(24)13-17)28-9-3-2-4-10-28/h5-8,11-13H,2-4,9-10H2,1H3,(H2,25,26,29). The van der Waals surface area contributed by atoms with Crippen LogP contribution in [0.2, 0.25) is 5.02 Å².